The van der Waals surface area contributed by atoms with Gasteiger partial charge in [-0.3, -0.25) is 0 Å². The Kier molecular flexibility index (Phi) is 3.07. The van der Waals surface area contributed by atoms with E-state index in [1.807, 2.05) is 0 Å². The lowest BCUT2D eigenvalue weighted by Gasteiger charge is -2.01. The topological polar surface area (TPSA) is 23.8 Å². The van der Waals surface area contributed by atoms with E-state index in [-0.39, 0.29) is 10.6 Å². The Morgan fingerprint density at radius 2 is 2.25 bits per heavy atom. The van der Waals surface area contributed by atoms with Gasteiger partial charge in [0.1, 0.15) is 17.4 Å². The van der Waals surface area contributed by atoms with E-state index in [4.69, 9.17) is 16.9 Å². The molecular formula is C8H4BrClFN. The first kappa shape index (κ1) is 9.50. The van der Waals surface area contributed by atoms with E-state index in [9.17, 15) is 4.39 Å². The first-order valence-electron chi connectivity index (χ1n) is 3.13. The predicted molar refractivity (Wildman–Crippen MR) is 48.8 cm³/mol. The second-order valence-electron chi connectivity index (χ2n) is 2.14. The zero-order valence-corrected chi connectivity index (χ0v) is 8.28. The Bertz CT molecular complexity index is 346. The number of hydrogen-bond donors (Lipinski definition) is 0. The quantitative estimate of drug-likeness (QED) is 0.700. The first-order chi connectivity index (χ1) is 5.70. The smallest absolute Gasteiger partial charge is 0.142 e. The number of halogens is 3. The molecule has 0 fully saturated rings. The minimum Gasteiger partial charge on any atom is -0.205 e. The van der Waals surface area contributed by atoms with Crippen LogP contribution in [-0.2, 0) is 5.33 Å². The summed E-state index contributed by atoms with van der Waals surface area (Å²) in [6.45, 7) is 0. The highest BCUT2D eigenvalue weighted by molar-refractivity contribution is 9.08. The second kappa shape index (κ2) is 3.88. The highest BCUT2D eigenvalue weighted by Crippen LogP contribution is 2.24. The van der Waals surface area contributed by atoms with Gasteiger partial charge < -0.3 is 0 Å². The molecule has 1 aromatic rings. The number of alkyl halides is 1. The van der Waals surface area contributed by atoms with E-state index in [2.05, 4.69) is 15.9 Å². The highest BCUT2D eigenvalue weighted by Gasteiger charge is 2.09. The van der Waals surface area contributed by atoms with Crippen LogP contribution in [0.1, 0.15) is 11.1 Å². The number of nitriles is 1. The van der Waals surface area contributed by atoms with Crippen LogP contribution in [0.3, 0.4) is 0 Å². The first-order valence-corrected chi connectivity index (χ1v) is 4.63. The summed E-state index contributed by atoms with van der Waals surface area (Å²) in [6.07, 6.45) is 0. The molecule has 0 heterocycles. The Morgan fingerprint density at radius 3 is 2.75 bits per heavy atom. The molecule has 0 spiro atoms. The van der Waals surface area contributed by atoms with Crippen molar-refractivity contribution in [3.63, 3.8) is 0 Å². The number of hydrogen-bond acceptors (Lipinski definition) is 1. The van der Waals surface area contributed by atoms with Crippen LogP contribution >= 0.6 is 27.5 Å². The number of rotatable bonds is 1. The van der Waals surface area contributed by atoms with Gasteiger partial charge in [-0.1, -0.05) is 33.6 Å². The van der Waals surface area contributed by atoms with Crippen LogP contribution in [0.4, 0.5) is 4.39 Å². The van der Waals surface area contributed by atoms with E-state index < -0.39 is 5.82 Å². The summed E-state index contributed by atoms with van der Waals surface area (Å²) in [7, 11) is 0. The summed E-state index contributed by atoms with van der Waals surface area (Å²) in [6, 6.07) is 4.50. The lowest BCUT2D eigenvalue weighted by Crippen LogP contribution is -1.89. The molecule has 62 valence electrons. The molecule has 0 bridgehead atoms. The van der Waals surface area contributed by atoms with Gasteiger partial charge in [0.15, 0.2) is 0 Å². The third kappa shape index (κ3) is 1.60. The molecule has 0 saturated carbocycles. The molecule has 0 atom stereocenters. The molecule has 0 aliphatic heterocycles. The molecule has 0 radical (unpaired) electrons. The second-order valence-corrected chi connectivity index (χ2v) is 3.08. The third-order valence-corrected chi connectivity index (χ3v) is 2.46. The van der Waals surface area contributed by atoms with Crippen molar-refractivity contribution in [2.24, 2.45) is 0 Å². The Labute approximate surface area is 82.9 Å². The van der Waals surface area contributed by atoms with E-state index in [1.54, 1.807) is 12.1 Å². The van der Waals surface area contributed by atoms with Crippen LogP contribution < -0.4 is 0 Å². The molecule has 0 aliphatic carbocycles. The fourth-order valence-corrected chi connectivity index (χ4v) is 1.69. The zero-order chi connectivity index (χ0) is 9.14. The maximum absolute atomic E-state index is 12.8. The van der Waals surface area contributed by atoms with Crippen molar-refractivity contribution in [1.29, 1.82) is 5.26 Å². The minimum atomic E-state index is -0.577. The standard InChI is InChI=1S/C8H4BrClFN/c9-3-5-1-2-7(11)6(4-12)8(5)10/h1-2H,3H2. The fraction of sp³-hybridized carbons (Fsp3) is 0.125. The van der Waals surface area contributed by atoms with Gasteiger partial charge in [0.25, 0.3) is 0 Å². The molecule has 0 amide bonds. The van der Waals surface area contributed by atoms with Crippen molar-refractivity contribution >= 4 is 27.5 Å². The van der Waals surface area contributed by atoms with Gasteiger partial charge in [-0.15, -0.1) is 0 Å². The van der Waals surface area contributed by atoms with Crippen molar-refractivity contribution < 1.29 is 4.39 Å². The van der Waals surface area contributed by atoms with E-state index in [1.165, 1.54) is 6.07 Å². The third-order valence-electron chi connectivity index (χ3n) is 1.43. The summed E-state index contributed by atoms with van der Waals surface area (Å²) in [5.41, 5.74) is 0.628. The monoisotopic (exact) mass is 247 g/mol. The maximum Gasteiger partial charge on any atom is 0.142 e. The lowest BCUT2D eigenvalue weighted by molar-refractivity contribution is 0.623. The van der Waals surface area contributed by atoms with Crippen LogP contribution in [0.15, 0.2) is 12.1 Å². The number of benzene rings is 1. The SMILES string of the molecule is N#Cc1c(F)ccc(CBr)c1Cl. The molecule has 0 N–H and O–H groups in total. The average Bonchev–Trinajstić information content (AvgIpc) is 2.06. The highest BCUT2D eigenvalue weighted by atomic mass is 79.9. The normalized spacial score (nSPS) is 9.50. The van der Waals surface area contributed by atoms with Crippen LogP contribution in [-0.4, -0.2) is 0 Å². The fourth-order valence-electron chi connectivity index (χ4n) is 0.801. The van der Waals surface area contributed by atoms with Gasteiger partial charge in [-0.05, 0) is 11.6 Å². The molecule has 0 aliphatic rings. The molecule has 4 heteroatoms. The average molecular weight is 248 g/mol. The van der Waals surface area contributed by atoms with Gasteiger partial charge in [-0.2, -0.15) is 5.26 Å². The van der Waals surface area contributed by atoms with E-state index >= 15 is 0 Å². The van der Waals surface area contributed by atoms with Crippen molar-refractivity contribution in [1.82, 2.24) is 0 Å². The largest absolute Gasteiger partial charge is 0.205 e. The Balaban J connectivity index is 3.36. The van der Waals surface area contributed by atoms with Crippen LogP contribution in [0.5, 0.6) is 0 Å². The van der Waals surface area contributed by atoms with Gasteiger partial charge in [0, 0.05) is 5.33 Å². The molecule has 0 saturated heterocycles. The van der Waals surface area contributed by atoms with Crippen molar-refractivity contribution in [2.45, 2.75) is 5.33 Å². The van der Waals surface area contributed by atoms with Gasteiger partial charge in [-0.25, -0.2) is 4.39 Å². The van der Waals surface area contributed by atoms with Gasteiger partial charge in [0.2, 0.25) is 0 Å². The molecular weight excluding hydrogens is 244 g/mol. The van der Waals surface area contributed by atoms with E-state index in [0.29, 0.717) is 5.33 Å². The lowest BCUT2D eigenvalue weighted by atomic mass is 10.1. The Morgan fingerprint density at radius 1 is 1.58 bits per heavy atom. The van der Waals surface area contributed by atoms with Gasteiger partial charge in [0.05, 0.1) is 5.02 Å². The Hall–Kier alpha value is -0.590. The molecule has 12 heavy (non-hydrogen) atoms. The zero-order valence-electron chi connectivity index (χ0n) is 5.94. The molecule has 1 rings (SSSR count). The van der Waals surface area contributed by atoms with Crippen LogP contribution in [0, 0.1) is 17.1 Å². The maximum atomic E-state index is 12.8. The van der Waals surface area contributed by atoms with Gasteiger partial charge >= 0.3 is 0 Å². The summed E-state index contributed by atoms with van der Waals surface area (Å²) < 4.78 is 12.8. The van der Waals surface area contributed by atoms with Crippen molar-refractivity contribution in [3.05, 3.63) is 34.1 Å². The molecule has 1 aromatic carbocycles. The summed E-state index contributed by atoms with van der Waals surface area (Å²) in [4.78, 5) is 0. The summed E-state index contributed by atoms with van der Waals surface area (Å²) >= 11 is 8.90. The van der Waals surface area contributed by atoms with E-state index in [0.717, 1.165) is 5.56 Å². The summed E-state index contributed by atoms with van der Waals surface area (Å²) in [5, 5.41) is 9.23. The van der Waals surface area contributed by atoms with Crippen molar-refractivity contribution in [3.8, 4) is 6.07 Å². The minimum absolute atomic E-state index is 0.0892. The van der Waals surface area contributed by atoms with Crippen LogP contribution in [0.25, 0.3) is 0 Å². The van der Waals surface area contributed by atoms with Crippen LogP contribution in [0.2, 0.25) is 5.02 Å². The predicted octanol–water partition coefficient (Wildman–Crippen LogP) is 3.25. The summed E-state index contributed by atoms with van der Waals surface area (Å²) in [5.74, 6) is -0.577. The molecule has 0 unspecified atom stereocenters. The molecule has 1 nitrogen and oxygen atoms in total. The number of nitrogens with zero attached hydrogens (tertiary/aromatic N) is 1. The van der Waals surface area contributed by atoms with Crippen molar-refractivity contribution in [2.75, 3.05) is 0 Å². The molecule has 0 aromatic heterocycles.